The predicted molar refractivity (Wildman–Crippen MR) is 72.1 cm³/mol. The molecule has 0 saturated carbocycles. The summed E-state index contributed by atoms with van der Waals surface area (Å²) in [7, 11) is 0. The second-order valence-corrected chi connectivity index (χ2v) is 5.70. The van der Waals surface area contributed by atoms with Gasteiger partial charge in [-0.15, -0.1) is 0 Å². The zero-order chi connectivity index (χ0) is 13.7. The van der Waals surface area contributed by atoms with Crippen LogP contribution in [0.5, 0.6) is 0 Å². The Kier molecular flexibility index (Phi) is 6.50. The summed E-state index contributed by atoms with van der Waals surface area (Å²) in [5.41, 5.74) is 0. The van der Waals surface area contributed by atoms with Crippen molar-refractivity contribution in [1.29, 1.82) is 0 Å². The van der Waals surface area contributed by atoms with Crippen LogP contribution in [0, 0.1) is 11.8 Å². The third-order valence-corrected chi connectivity index (χ3v) is 4.49. The first kappa shape index (κ1) is 15.8. The molecular formula is C14H28F2N2. The third kappa shape index (κ3) is 4.16. The van der Waals surface area contributed by atoms with Gasteiger partial charge in [0, 0.05) is 25.2 Å². The maximum Gasteiger partial charge on any atom is 0.251 e. The van der Waals surface area contributed by atoms with E-state index >= 15 is 0 Å². The molecule has 0 aliphatic carbocycles. The minimum absolute atomic E-state index is 0.0797. The summed E-state index contributed by atoms with van der Waals surface area (Å²) in [6.45, 7) is 10.2. The van der Waals surface area contributed by atoms with Crippen molar-refractivity contribution in [1.82, 2.24) is 10.2 Å². The Labute approximate surface area is 110 Å². The van der Waals surface area contributed by atoms with E-state index in [9.17, 15) is 8.78 Å². The fourth-order valence-electron chi connectivity index (χ4n) is 2.74. The molecule has 1 rings (SSSR count). The highest BCUT2D eigenvalue weighted by Gasteiger charge is 2.33. The number of piperazine rings is 1. The molecular weight excluding hydrogens is 234 g/mol. The molecule has 108 valence electrons. The summed E-state index contributed by atoms with van der Waals surface area (Å²) in [6, 6.07) is 0.610. The quantitative estimate of drug-likeness (QED) is 0.791. The Hall–Kier alpha value is -0.220. The fourth-order valence-corrected chi connectivity index (χ4v) is 2.74. The Morgan fingerprint density at radius 1 is 1.17 bits per heavy atom. The van der Waals surface area contributed by atoms with Crippen LogP contribution in [0.3, 0.4) is 0 Å². The van der Waals surface area contributed by atoms with E-state index in [1.807, 2.05) is 4.90 Å². The molecule has 1 N–H and O–H groups in total. The van der Waals surface area contributed by atoms with Gasteiger partial charge in [-0.1, -0.05) is 40.5 Å². The van der Waals surface area contributed by atoms with Crippen LogP contribution >= 0.6 is 0 Å². The van der Waals surface area contributed by atoms with E-state index in [4.69, 9.17) is 0 Å². The number of alkyl halides is 2. The van der Waals surface area contributed by atoms with Gasteiger partial charge in [-0.3, -0.25) is 4.90 Å². The van der Waals surface area contributed by atoms with E-state index in [0.717, 1.165) is 25.9 Å². The maximum absolute atomic E-state index is 12.7. The maximum atomic E-state index is 12.7. The molecule has 1 heterocycles. The number of nitrogens with one attached hydrogen (secondary N) is 1. The van der Waals surface area contributed by atoms with E-state index in [1.54, 1.807) is 0 Å². The van der Waals surface area contributed by atoms with Crippen LogP contribution in [0.15, 0.2) is 0 Å². The Balaban J connectivity index is 2.66. The molecule has 1 aliphatic rings. The minimum Gasteiger partial charge on any atom is -0.311 e. The summed E-state index contributed by atoms with van der Waals surface area (Å²) in [6.07, 6.45) is -0.0962. The minimum atomic E-state index is -2.23. The molecule has 0 aromatic heterocycles. The molecule has 0 radical (unpaired) electrons. The molecule has 4 heteroatoms. The number of nitrogens with zero attached hydrogens (tertiary/aromatic N) is 1. The molecule has 18 heavy (non-hydrogen) atoms. The average Bonchev–Trinajstić information content (AvgIpc) is 2.36. The van der Waals surface area contributed by atoms with Crippen molar-refractivity contribution in [2.75, 3.05) is 19.6 Å². The zero-order valence-electron chi connectivity index (χ0n) is 12.1. The van der Waals surface area contributed by atoms with Gasteiger partial charge in [-0.2, -0.15) is 0 Å². The standard InChI is InChI=1S/C14H28F2N2/c1-5-10(3)12-8-18(9-14(15)16)13(7-17-12)11(4)6-2/h10-14,17H,5-9H2,1-4H3. The van der Waals surface area contributed by atoms with Gasteiger partial charge in [-0.05, 0) is 11.8 Å². The van der Waals surface area contributed by atoms with Gasteiger partial charge in [0.1, 0.15) is 0 Å². The second-order valence-electron chi connectivity index (χ2n) is 5.70. The number of rotatable bonds is 6. The van der Waals surface area contributed by atoms with Crippen molar-refractivity contribution < 1.29 is 8.78 Å². The number of halogens is 2. The first-order valence-electron chi connectivity index (χ1n) is 7.25. The van der Waals surface area contributed by atoms with Crippen molar-refractivity contribution in [2.45, 2.75) is 59.0 Å². The lowest BCUT2D eigenvalue weighted by molar-refractivity contribution is 0.0179. The SMILES string of the molecule is CCC(C)C1CN(CC(F)F)C(C(C)CC)CN1. The number of hydrogen-bond donors (Lipinski definition) is 1. The van der Waals surface area contributed by atoms with Gasteiger partial charge in [0.2, 0.25) is 0 Å². The summed E-state index contributed by atoms with van der Waals surface area (Å²) >= 11 is 0. The molecule has 4 atom stereocenters. The van der Waals surface area contributed by atoms with Gasteiger partial charge in [0.25, 0.3) is 6.43 Å². The van der Waals surface area contributed by atoms with Crippen LogP contribution < -0.4 is 5.32 Å². The van der Waals surface area contributed by atoms with Crippen LogP contribution in [0.2, 0.25) is 0 Å². The van der Waals surface area contributed by atoms with Crippen LogP contribution in [0.25, 0.3) is 0 Å². The van der Waals surface area contributed by atoms with Crippen LogP contribution in [-0.4, -0.2) is 43.0 Å². The van der Waals surface area contributed by atoms with Gasteiger partial charge >= 0.3 is 0 Å². The largest absolute Gasteiger partial charge is 0.311 e. The highest BCUT2D eigenvalue weighted by atomic mass is 19.3. The summed E-state index contributed by atoms with van der Waals surface area (Å²) in [4.78, 5) is 2.01. The van der Waals surface area contributed by atoms with Crippen molar-refractivity contribution >= 4 is 0 Å². The van der Waals surface area contributed by atoms with Crippen LogP contribution in [0.1, 0.15) is 40.5 Å². The van der Waals surface area contributed by atoms with Crippen molar-refractivity contribution in [3.8, 4) is 0 Å². The van der Waals surface area contributed by atoms with Crippen LogP contribution in [-0.2, 0) is 0 Å². The first-order valence-corrected chi connectivity index (χ1v) is 7.25. The normalized spacial score (nSPS) is 29.5. The average molecular weight is 262 g/mol. The predicted octanol–water partition coefficient (Wildman–Crippen LogP) is 2.99. The van der Waals surface area contributed by atoms with E-state index in [1.165, 1.54) is 0 Å². The van der Waals surface area contributed by atoms with Crippen molar-refractivity contribution in [3.05, 3.63) is 0 Å². The molecule has 1 fully saturated rings. The fraction of sp³-hybridized carbons (Fsp3) is 1.00. The van der Waals surface area contributed by atoms with E-state index in [0.29, 0.717) is 17.9 Å². The van der Waals surface area contributed by atoms with Crippen molar-refractivity contribution in [2.24, 2.45) is 11.8 Å². The molecule has 2 nitrogen and oxygen atoms in total. The zero-order valence-corrected chi connectivity index (χ0v) is 12.1. The van der Waals surface area contributed by atoms with E-state index in [2.05, 4.69) is 33.0 Å². The summed E-state index contributed by atoms with van der Waals surface area (Å²) in [5, 5.41) is 3.55. The van der Waals surface area contributed by atoms with Gasteiger partial charge in [0.15, 0.2) is 0 Å². The van der Waals surface area contributed by atoms with Crippen LogP contribution in [0.4, 0.5) is 8.78 Å². The second kappa shape index (κ2) is 7.39. The lowest BCUT2D eigenvalue weighted by Crippen LogP contribution is -2.60. The molecule has 1 aliphatic heterocycles. The molecule has 4 unspecified atom stereocenters. The lowest BCUT2D eigenvalue weighted by Gasteiger charge is -2.44. The smallest absolute Gasteiger partial charge is 0.251 e. The lowest BCUT2D eigenvalue weighted by atomic mass is 9.90. The Morgan fingerprint density at radius 2 is 1.78 bits per heavy atom. The van der Waals surface area contributed by atoms with Crippen molar-refractivity contribution in [3.63, 3.8) is 0 Å². The Morgan fingerprint density at radius 3 is 2.28 bits per heavy atom. The third-order valence-electron chi connectivity index (χ3n) is 4.49. The topological polar surface area (TPSA) is 15.3 Å². The Bertz CT molecular complexity index is 236. The molecule has 0 spiro atoms. The van der Waals surface area contributed by atoms with E-state index in [-0.39, 0.29) is 12.6 Å². The van der Waals surface area contributed by atoms with Gasteiger partial charge in [0.05, 0.1) is 6.54 Å². The summed E-state index contributed by atoms with van der Waals surface area (Å²) < 4.78 is 25.4. The highest BCUT2D eigenvalue weighted by molar-refractivity contribution is 4.90. The molecule has 0 aromatic rings. The first-order chi connectivity index (χ1) is 8.49. The van der Waals surface area contributed by atoms with Gasteiger partial charge in [-0.25, -0.2) is 8.78 Å². The summed E-state index contributed by atoms with van der Waals surface area (Å²) in [5.74, 6) is 1.01. The molecule has 0 aromatic carbocycles. The highest BCUT2D eigenvalue weighted by Crippen LogP contribution is 2.22. The number of hydrogen-bond acceptors (Lipinski definition) is 2. The van der Waals surface area contributed by atoms with Gasteiger partial charge < -0.3 is 5.32 Å². The monoisotopic (exact) mass is 262 g/mol. The molecule has 1 saturated heterocycles. The molecule has 0 amide bonds. The molecule has 0 bridgehead atoms. The van der Waals surface area contributed by atoms with E-state index < -0.39 is 6.43 Å².